The van der Waals surface area contributed by atoms with E-state index in [4.69, 9.17) is 0 Å². The molecular formula is C12H14. The fraction of sp³-hybridized carbons (Fsp3) is 0.833. The number of hydrogen-bond acceptors (Lipinski definition) is 0. The van der Waals surface area contributed by atoms with Crippen molar-refractivity contribution >= 4 is 0 Å². The van der Waals surface area contributed by atoms with Crippen LogP contribution in [0.25, 0.3) is 0 Å². The molecule has 5 rings (SSSR count). The smallest absolute Gasteiger partial charge is 0.0133 e. The molecule has 0 heteroatoms. The normalized spacial score (nSPS) is 78.7. The zero-order chi connectivity index (χ0) is 7.45. The van der Waals surface area contributed by atoms with Crippen molar-refractivity contribution in [3.05, 3.63) is 12.2 Å². The van der Waals surface area contributed by atoms with E-state index in [2.05, 4.69) is 12.2 Å². The summed E-state index contributed by atoms with van der Waals surface area (Å²) >= 11 is 0. The third-order valence-corrected chi connectivity index (χ3v) is 6.04. The largest absolute Gasteiger partial charge is 0.0842 e. The molecule has 4 saturated carbocycles. The monoisotopic (exact) mass is 158 g/mol. The van der Waals surface area contributed by atoms with Crippen LogP contribution in [0.3, 0.4) is 0 Å². The Balaban J connectivity index is 1.57. The Hall–Kier alpha value is -0.260. The molecule has 4 fully saturated rings. The topological polar surface area (TPSA) is 0 Å². The van der Waals surface area contributed by atoms with E-state index in [9.17, 15) is 0 Å². The molecular weight excluding hydrogens is 144 g/mol. The number of fused-ring (bicyclic) bond motifs is 10. The molecule has 5 aliphatic carbocycles. The molecule has 0 nitrogen and oxygen atoms in total. The standard InChI is InChI=1S/C12H14/c1-2-6-5(1)9-10(6)12-8-4-3-7(8)11(9)12/h1-2,5-12H,3-4H2/t5-,6+,7-,8+,9+,10-,11-,12+. The van der Waals surface area contributed by atoms with Crippen molar-refractivity contribution in [1.82, 2.24) is 0 Å². The van der Waals surface area contributed by atoms with Gasteiger partial charge in [0.2, 0.25) is 0 Å². The average molecular weight is 158 g/mol. The van der Waals surface area contributed by atoms with Crippen molar-refractivity contribution in [2.45, 2.75) is 12.8 Å². The average Bonchev–Trinajstić information content (AvgIpc) is 1.99. The third kappa shape index (κ3) is 0.301. The lowest BCUT2D eigenvalue weighted by Crippen LogP contribution is -2.77. The lowest BCUT2D eigenvalue weighted by Gasteiger charge is -2.82. The Labute approximate surface area is 73.0 Å². The molecule has 0 aromatic rings. The molecule has 12 heavy (non-hydrogen) atoms. The molecule has 0 aromatic carbocycles. The summed E-state index contributed by atoms with van der Waals surface area (Å²) in [6.45, 7) is 0. The van der Waals surface area contributed by atoms with Crippen molar-refractivity contribution in [2.75, 3.05) is 0 Å². The second kappa shape index (κ2) is 1.32. The van der Waals surface area contributed by atoms with Gasteiger partial charge < -0.3 is 0 Å². The van der Waals surface area contributed by atoms with Crippen LogP contribution in [0.2, 0.25) is 0 Å². The summed E-state index contributed by atoms with van der Waals surface area (Å²) in [6, 6.07) is 0. The summed E-state index contributed by atoms with van der Waals surface area (Å²) in [5.41, 5.74) is 0. The van der Waals surface area contributed by atoms with Crippen LogP contribution in [0.1, 0.15) is 12.8 Å². The van der Waals surface area contributed by atoms with E-state index in [0.717, 1.165) is 11.8 Å². The Kier molecular flexibility index (Phi) is 0.603. The van der Waals surface area contributed by atoms with Gasteiger partial charge in [-0.25, -0.2) is 0 Å². The minimum Gasteiger partial charge on any atom is -0.0842 e. The molecule has 0 bridgehead atoms. The highest BCUT2D eigenvalue weighted by molar-refractivity contribution is 5.33. The SMILES string of the molecule is C1=C[C@H]2[C@@H]1[C@H]1[C@@H]2[C@@H]2[C@H]3CC[C@H]3[C@H]12. The zero-order valence-corrected chi connectivity index (χ0v) is 7.19. The molecule has 0 amide bonds. The van der Waals surface area contributed by atoms with E-state index < -0.39 is 0 Å². The maximum atomic E-state index is 2.49. The molecule has 0 unspecified atom stereocenters. The second-order valence-electron chi connectivity index (χ2n) is 5.75. The summed E-state index contributed by atoms with van der Waals surface area (Å²) in [5.74, 6) is 9.49. The maximum absolute atomic E-state index is 2.49. The predicted molar refractivity (Wildman–Crippen MR) is 46.3 cm³/mol. The molecule has 62 valence electrons. The van der Waals surface area contributed by atoms with Gasteiger partial charge in [-0.3, -0.25) is 0 Å². The predicted octanol–water partition coefficient (Wildman–Crippen LogP) is 2.32. The van der Waals surface area contributed by atoms with Crippen LogP contribution < -0.4 is 0 Å². The highest BCUT2D eigenvalue weighted by Crippen LogP contribution is 2.81. The van der Waals surface area contributed by atoms with Gasteiger partial charge in [0.25, 0.3) is 0 Å². The van der Waals surface area contributed by atoms with E-state index >= 15 is 0 Å². The highest BCUT2D eigenvalue weighted by Gasteiger charge is 2.76. The molecule has 0 radical (unpaired) electrons. The fourth-order valence-electron chi connectivity index (χ4n) is 5.40. The fourth-order valence-corrected chi connectivity index (χ4v) is 5.40. The van der Waals surface area contributed by atoms with Gasteiger partial charge in [-0.15, -0.1) is 0 Å². The van der Waals surface area contributed by atoms with Gasteiger partial charge in [0.15, 0.2) is 0 Å². The van der Waals surface area contributed by atoms with E-state index in [-0.39, 0.29) is 0 Å². The van der Waals surface area contributed by atoms with Gasteiger partial charge in [-0.05, 0) is 60.2 Å². The Morgan fingerprint density at radius 3 is 1.50 bits per heavy atom. The zero-order valence-electron chi connectivity index (χ0n) is 7.19. The van der Waals surface area contributed by atoms with Gasteiger partial charge in [-0.2, -0.15) is 0 Å². The minimum absolute atomic E-state index is 1.08. The number of rotatable bonds is 0. The van der Waals surface area contributed by atoms with Crippen molar-refractivity contribution in [2.24, 2.45) is 47.3 Å². The van der Waals surface area contributed by atoms with Crippen LogP contribution in [-0.4, -0.2) is 0 Å². The van der Waals surface area contributed by atoms with E-state index in [0.29, 0.717) is 0 Å². The molecule has 0 spiro atoms. The van der Waals surface area contributed by atoms with E-state index in [1.54, 1.807) is 12.8 Å². The van der Waals surface area contributed by atoms with Gasteiger partial charge >= 0.3 is 0 Å². The first-order chi connectivity index (χ1) is 5.97. The van der Waals surface area contributed by atoms with Crippen LogP contribution in [-0.2, 0) is 0 Å². The van der Waals surface area contributed by atoms with Crippen LogP contribution in [0, 0.1) is 47.3 Å². The molecule has 0 N–H and O–H groups in total. The molecule has 0 aromatic heterocycles. The van der Waals surface area contributed by atoms with Crippen LogP contribution in [0.5, 0.6) is 0 Å². The summed E-state index contributed by atoms with van der Waals surface area (Å²) in [6.07, 6.45) is 8.18. The van der Waals surface area contributed by atoms with Crippen LogP contribution in [0.4, 0.5) is 0 Å². The first-order valence-corrected chi connectivity index (χ1v) is 5.65. The van der Waals surface area contributed by atoms with Gasteiger partial charge in [0.1, 0.15) is 0 Å². The minimum atomic E-state index is 1.08. The lowest BCUT2D eigenvalue weighted by atomic mass is 9.22. The summed E-state index contributed by atoms with van der Waals surface area (Å²) in [7, 11) is 0. The van der Waals surface area contributed by atoms with Gasteiger partial charge in [0, 0.05) is 0 Å². The maximum Gasteiger partial charge on any atom is -0.0133 e. The van der Waals surface area contributed by atoms with Crippen molar-refractivity contribution < 1.29 is 0 Å². The van der Waals surface area contributed by atoms with Crippen molar-refractivity contribution in [3.8, 4) is 0 Å². The number of hydrogen-bond donors (Lipinski definition) is 0. The third-order valence-electron chi connectivity index (χ3n) is 6.04. The highest BCUT2D eigenvalue weighted by atomic mass is 14.8. The molecule has 8 atom stereocenters. The van der Waals surface area contributed by atoms with E-state index in [1.807, 2.05) is 0 Å². The Morgan fingerprint density at radius 1 is 0.667 bits per heavy atom. The molecule has 0 saturated heterocycles. The molecule has 0 heterocycles. The van der Waals surface area contributed by atoms with Crippen molar-refractivity contribution in [1.29, 1.82) is 0 Å². The van der Waals surface area contributed by atoms with Crippen LogP contribution in [0.15, 0.2) is 12.2 Å². The second-order valence-corrected chi connectivity index (χ2v) is 5.75. The Bertz CT molecular complexity index is 273. The summed E-state index contributed by atoms with van der Waals surface area (Å²) in [5, 5.41) is 0. The summed E-state index contributed by atoms with van der Waals surface area (Å²) in [4.78, 5) is 0. The lowest BCUT2D eigenvalue weighted by molar-refractivity contribution is -0.326. The first-order valence-electron chi connectivity index (χ1n) is 5.65. The van der Waals surface area contributed by atoms with Gasteiger partial charge in [0.05, 0.1) is 0 Å². The molecule has 5 aliphatic rings. The van der Waals surface area contributed by atoms with Gasteiger partial charge in [-0.1, -0.05) is 12.2 Å². The van der Waals surface area contributed by atoms with Crippen LogP contribution >= 0.6 is 0 Å². The van der Waals surface area contributed by atoms with Crippen molar-refractivity contribution in [3.63, 3.8) is 0 Å². The van der Waals surface area contributed by atoms with E-state index in [1.165, 1.54) is 35.5 Å². The summed E-state index contributed by atoms with van der Waals surface area (Å²) < 4.78 is 0. The molecule has 0 aliphatic heterocycles. The number of allylic oxidation sites excluding steroid dienone is 2. The first kappa shape index (κ1) is 5.47. The Morgan fingerprint density at radius 2 is 1.17 bits per heavy atom. The quantitative estimate of drug-likeness (QED) is 0.375.